The van der Waals surface area contributed by atoms with E-state index in [1.807, 2.05) is 47.4 Å². The Balaban J connectivity index is 1.48. The first-order chi connectivity index (χ1) is 17.6. The van der Waals surface area contributed by atoms with Gasteiger partial charge in [0.15, 0.2) is 0 Å². The van der Waals surface area contributed by atoms with Crippen molar-refractivity contribution in [1.29, 1.82) is 0 Å². The zero-order chi connectivity index (χ0) is 25.3. The number of unbranched alkanes of at least 4 members (excludes halogenated alkanes) is 3. The number of carbonyl (C=O) groups is 2. The molecule has 0 bridgehead atoms. The number of hydrogen-bond acceptors (Lipinski definition) is 3. The van der Waals surface area contributed by atoms with Crippen molar-refractivity contribution in [3.63, 3.8) is 0 Å². The van der Waals surface area contributed by atoms with Crippen LogP contribution in [0.3, 0.4) is 0 Å². The highest BCUT2D eigenvalue weighted by molar-refractivity contribution is 7.10. The van der Waals surface area contributed by atoms with Crippen LogP contribution in [0.5, 0.6) is 0 Å². The lowest BCUT2D eigenvalue weighted by Crippen LogP contribution is -2.46. The number of benzene rings is 2. The summed E-state index contributed by atoms with van der Waals surface area (Å²) in [5.41, 5.74) is 4.16. The fraction of sp³-hybridized carbons (Fsp3) is 0.355. The Morgan fingerprint density at radius 1 is 1.06 bits per heavy atom. The van der Waals surface area contributed by atoms with E-state index in [0.29, 0.717) is 18.7 Å². The van der Waals surface area contributed by atoms with Crippen molar-refractivity contribution in [2.24, 2.45) is 0 Å². The van der Waals surface area contributed by atoms with Gasteiger partial charge in [-0.15, -0.1) is 17.9 Å². The summed E-state index contributed by atoms with van der Waals surface area (Å²) in [6.07, 6.45) is 8.46. The number of hydrogen-bond donors (Lipinski definition) is 0. The Bertz CT molecular complexity index is 1150. The molecule has 0 fully saturated rings. The van der Waals surface area contributed by atoms with Gasteiger partial charge in [0.1, 0.15) is 6.54 Å². The third-order valence-corrected chi connectivity index (χ3v) is 7.88. The van der Waals surface area contributed by atoms with Crippen LogP contribution < -0.4 is 0 Å². The van der Waals surface area contributed by atoms with E-state index in [9.17, 15) is 9.59 Å². The van der Waals surface area contributed by atoms with Crippen LogP contribution in [0.1, 0.15) is 70.6 Å². The molecule has 0 aliphatic carbocycles. The second-order valence-electron chi connectivity index (χ2n) is 9.43. The summed E-state index contributed by atoms with van der Waals surface area (Å²) in [7, 11) is 0. The van der Waals surface area contributed by atoms with Gasteiger partial charge in [0.25, 0.3) is 5.91 Å². The summed E-state index contributed by atoms with van der Waals surface area (Å²) in [4.78, 5) is 31.9. The first kappa shape index (κ1) is 25.9. The topological polar surface area (TPSA) is 40.6 Å². The molecular weight excluding hydrogens is 464 g/mol. The molecule has 188 valence electrons. The van der Waals surface area contributed by atoms with Gasteiger partial charge in [-0.05, 0) is 59.5 Å². The molecule has 0 radical (unpaired) electrons. The van der Waals surface area contributed by atoms with Crippen LogP contribution in [0.4, 0.5) is 0 Å². The van der Waals surface area contributed by atoms with Gasteiger partial charge in [0.2, 0.25) is 5.91 Å². The van der Waals surface area contributed by atoms with E-state index in [1.54, 1.807) is 22.3 Å². The molecule has 1 unspecified atom stereocenters. The van der Waals surface area contributed by atoms with Crippen molar-refractivity contribution >= 4 is 23.2 Å². The normalized spacial score (nSPS) is 14.8. The number of fused-ring (bicyclic) bond motifs is 1. The first-order valence-electron chi connectivity index (χ1n) is 13.0. The second-order valence-corrected chi connectivity index (χ2v) is 10.4. The summed E-state index contributed by atoms with van der Waals surface area (Å²) in [6, 6.07) is 20.1. The summed E-state index contributed by atoms with van der Waals surface area (Å²) in [5.74, 6) is -0.172. The van der Waals surface area contributed by atoms with Crippen molar-refractivity contribution in [1.82, 2.24) is 9.80 Å². The predicted molar refractivity (Wildman–Crippen MR) is 148 cm³/mol. The van der Waals surface area contributed by atoms with Gasteiger partial charge in [-0.25, -0.2) is 0 Å². The summed E-state index contributed by atoms with van der Waals surface area (Å²) < 4.78 is 0. The second kappa shape index (κ2) is 12.7. The third-order valence-electron chi connectivity index (χ3n) is 6.88. The Kier molecular flexibility index (Phi) is 9.12. The van der Waals surface area contributed by atoms with Gasteiger partial charge >= 0.3 is 0 Å². The maximum atomic E-state index is 13.7. The first-order valence-corrected chi connectivity index (χ1v) is 13.9. The number of rotatable bonds is 11. The largest absolute Gasteiger partial charge is 0.330 e. The fourth-order valence-corrected chi connectivity index (χ4v) is 5.87. The highest BCUT2D eigenvalue weighted by atomic mass is 32.1. The number of carbonyl (C=O) groups excluding carboxylic acids is 2. The van der Waals surface area contributed by atoms with Crippen LogP contribution in [0.25, 0.3) is 0 Å². The van der Waals surface area contributed by atoms with Crippen molar-refractivity contribution in [3.05, 3.63) is 106 Å². The lowest BCUT2D eigenvalue weighted by atomic mass is 9.93. The molecule has 5 heteroatoms. The minimum atomic E-state index is -0.134. The Labute approximate surface area is 219 Å². The van der Waals surface area contributed by atoms with Gasteiger partial charge in [-0.2, -0.15) is 0 Å². The predicted octanol–water partition coefficient (Wildman–Crippen LogP) is 6.67. The average molecular weight is 501 g/mol. The molecule has 0 spiro atoms. The molecule has 1 aromatic heterocycles. The molecule has 0 saturated carbocycles. The summed E-state index contributed by atoms with van der Waals surface area (Å²) in [5, 5.41) is 2.11. The molecule has 0 saturated heterocycles. The van der Waals surface area contributed by atoms with Gasteiger partial charge in [0, 0.05) is 23.5 Å². The minimum Gasteiger partial charge on any atom is -0.330 e. The van der Waals surface area contributed by atoms with Gasteiger partial charge in [-0.1, -0.05) is 74.7 Å². The zero-order valence-electron chi connectivity index (χ0n) is 21.2. The number of aryl methyl sites for hydroxylation is 1. The standard InChI is InChI=1S/C31H36N2O2S/c1-3-5-6-8-11-24-14-16-26(17-15-24)31(35)32(20-4-2)23-29(34)33-21-18-28-27(19-22-36-28)30(33)25-12-9-7-10-13-25/h4,7,9-10,12-17,19,22,30H,2-3,5-6,8,11,18,20-21,23H2,1H3. The Hall–Kier alpha value is -3.18. The van der Waals surface area contributed by atoms with Crippen molar-refractivity contribution < 1.29 is 9.59 Å². The van der Waals surface area contributed by atoms with Crippen molar-refractivity contribution in [2.45, 2.75) is 51.5 Å². The third kappa shape index (κ3) is 6.14. The molecular formula is C31H36N2O2S. The Morgan fingerprint density at radius 2 is 1.83 bits per heavy atom. The van der Waals surface area contributed by atoms with Crippen molar-refractivity contribution in [3.8, 4) is 0 Å². The van der Waals surface area contributed by atoms with E-state index < -0.39 is 0 Å². The smallest absolute Gasteiger partial charge is 0.254 e. The molecule has 4 nitrogen and oxygen atoms in total. The summed E-state index contributed by atoms with van der Waals surface area (Å²) in [6.45, 7) is 7.05. The van der Waals surface area contributed by atoms with Crippen LogP contribution in [0.15, 0.2) is 78.7 Å². The van der Waals surface area contributed by atoms with Gasteiger partial charge < -0.3 is 9.80 Å². The quantitative estimate of drug-likeness (QED) is 0.218. The van der Waals surface area contributed by atoms with Gasteiger partial charge in [0.05, 0.1) is 6.04 Å². The van der Waals surface area contributed by atoms with Gasteiger partial charge in [-0.3, -0.25) is 9.59 Å². The summed E-state index contributed by atoms with van der Waals surface area (Å²) >= 11 is 1.75. The highest BCUT2D eigenvalue weighted by Crippen LogP contribution is 2.37. The number of amides is 2. The SMILES string of the molecule is C=CCN(CC(=O)N1CCc2sccc2C1c1ccccc1)C(=O)c1ccc(CCCCCC)cc1. The van der Waals surface area contributed by atoms with Crippen LogP contribution in [-0.2, 0) is 17.6 Å². The van der Waals surface area contributed by atoms with E-state index in [2.05, 4.69) is 37.1 Å². The fourth-order valence-electron chi connectivity index (χ4n) is 4.96. The molecule has 0 N–H and O–H groups in total. The Morgan fingerprint density at radius 3 is 2.56 bits per heavy atom. The molecule has 36 heavy (non-hydrogen) atoms. The van der Waals surface area contributed by atoms with E-state index in [0.717, 1.165) is 18.4 Å². The van der Waals surface area contributed by atoms with Crippen LogP contribution in [-0.4, -0.2) is 41.2 Å². The maximum absolute atomic E-state index is 13.7. The minimum absolute atomic E-state index is 0.0342. The molecule has 2 heterocycles. The molecule has 1 aliphatic heterocycles. The molecule has 3 aromatic rings. The van der Waals surface area contributed by atoms with E-state index >= 15 is 0 Å². The highest BCUT2D eigenvalue weighted by Gasteiger charge is 2.33. The molecule has 4 rings (SSSR count). The molecule has 2 aromatic carbocycles. The van der Waals surface area contributed by atoms with Crippen LogP contribution in [0.2, 0.25) is 0 Å². The lowest BCUT2D eigenvalue weighted by molar-refractivity contribution is -0.133. The monoisotopic (exact) mass is 500 g/mol. The number of thiophene rings is 1. The van der Waals surface area contributed by atoms with E-state index in [1.165, 1.54) is 41.7 Å². The van der Waals surface area contributed by atoms with Crippen LogP contribution in [0, 0.1) is 0 Å². The molecule has 1 aliphatic rings. The van der Waals surface area contributed by atoms with Crippen molar-refractivity contribution in [2.75, 3.05) is 19.6 Å². The maximum Gasteiger partial charge on any atom is 0.254 e. The van der Waals surface area contributed by atoms with E-state index in [4.69, 9.17) is 0 Å². The number of nitrogens with zero attached hydrogens (tertiary/aromatic N) is 2. The average Bonchev–Trinajstić information content (AvgIpc) is 3.40. The molecule has 2 amide bonds. The molecule has 1 atom stereocenters. The zero-order valence-corrected chi connectivity index (χ0v) is 22.0. The van der Waals surface area contributed by atoms with E-state index in [-0.39, 0.29) is 24.4 Å². The lowest BCUT2D eigenvalue weighted by Gasteiger charge is -2.37. The van der Waals surface area contributed by atoms with Crippen LogP contribution >= 0.6 is 11.3 Å².